The van der Waals surface area contributed by atoms with Crippen molar-refractivity contribution < 1.29 is 4.79 Å². The summed E-state index contributed by atoms with van der Waals surface area (Å²) in [5.41, 5.74) is 0. The molecule has 1 saturated carbocycles. The van der Waals surface area contributed by atoms with E-state index in [0.29, 0.717) is 12.0 Å². The summed E-state index contributed by atoms with van der Waals surface area (Å²) < 4.78 is 0. The number of nitrogens with one attached hydrogen (secondary N) is 1. The summed E-state index contributed by atoms with van der Waals surface area (Å²) in [5, 5.41) is 4.99. The molecule has 1 aliphatic rings. The third-order valence-corrected chi connectivity index (χ3v) is 3.48. The maximum atomic E-state index is 11.5. The van der Waals surface area contributed by atoms with Crippen LogP contribution in [0, 0.1) is 5.92 Å². The first kappa shape index (κ1) is 10.4. The van der Waals surface area contributed by atoms with Gasteiger partial charge in [-0.3, -0.25) is 4.79 Å². The first-order chi connectivity index (χ1) is 7.25. The maximum absolute atomic E-state index is 11.5. The molecule has 3 heteroatoms. The molecule has 1 amide bonds. The molecule has 0 aromatic carbocycles. The SMILES string of the molecule is CC(NC(=O)/C=C/c1cccs1)C1CC1. The lowest BCUT2D eigenvalue weighted by molar-refractivity contribution is -0.117. The summed E-state index contributed by atoms with van der Waals surface area (Å²) >= 11 is 1.64. The molecule has 0 radical (unpaired) electrons. The molecule has 80 valence electrons. The fraction of sp³-hybridized carbons (Fsp3) is 0.417. The second-order valence-corrected chi connectivity index (χ2v) is 4.96. The van der Waals surface area contributed by atoms with Crippen molar-refractivity contribution in [2.45, 2.75) is 25.8 Å². The smallest absolute Gasteiger partial charge is 0.244 e. The summed E-state index contributed by atoms with van der Waals surface area (Å²) in [6, 6.07) is 4.30. The highest BCUT2D eigenvalue weighted by atomic mass is 32.1. The minimum Gasteiger partial charge on any atom is -0.350 e. The highest BCUT2D eigenvalue weighted by Crippen LogP contribution is 2.32. The zero-order valence-electron chi connectivity index (χ0n) is 8.77. The molecule has 1 N–H and O–H groups in total. The second-order valence-electron chi connectivity index (χ2n) is 3.98. The van der Waals surface area contributed by atoms with E-state index in [0.717, 1.165) is 4.88 Å². The molecule has 1 atom stereocenters. The lowest BCUT2D eigenvalue weighted by Gasteiger charge is -2.09. The van der Waals surface area contributed by atoms with E-state index in [1.807, 2.05) is 23.6 Å². The fourth-order valence-corrected chi connectivity index (χ4v) is 2.15. The molecular formula is C12H15NOS. The zero-order chi connectivity index (χ0) is 10.7. The molecule has 1 aliphatic carbocycles. The quantitative estimate of drug-likeness (QED) is 0.778. The zero-order valence-corrected chi connectivity index (χ0v) is 9.59. The normalized spacial score (nSPS) is 17.9. The van der Waals surface area contributed by atoms with Gasteiger partial charge in [0, 0.05) is 17.0 Å². The Labute approximate surface area is 94.0 Å². The molecule has 1 aromatic heterocycles. The molecule has 1 heterocycles. The Morgan fingerprint density at radius 3 is 3.07 bits per heavy atom. The van der Waals surface area contributed by atoms with E-state index in [-0.39, 0.29) is 5.91 Å². The number of amides is 1. The van der Waals surface area contributed by atoms with E-state index in [1.54, 1.807) is 17.4 Å². The Bertz CT molecular complexity index is 352. The first-order valence-electron chi connectivity index (χ1n) is 5.28. The number of hydrogen-bond donors (Lipinski definition) is 1. The summed E-state index contributed by atoms with van der Waals surface area (Å²) in [7, 11) is 0. The van der Waals surface area contributed by atoms with Gasteiger partial charge in [0.1, 0.15) is 0 Å². The van der Waals surface area contributed by atoms with E-state index in [9.17, 15) is 4.79 Å². The van der Waals surface area contributed by atoms with Gasteiger partial charge in [-0.1, -0.05) is 6.07 Å². The van der Waals surface area contributed by atoms with Gasteiger partial charge in [0.25, 0.3) is 0 Å². The Kier molecular flexibility index (Phi) is 3.21. The molecule has 0 saturated heterocycles. The predicted octanol–water partition coefficient (Wildman–Crippen LogP) is 2.68. The minimum absolute atomic E-state index is 0.0165. The molecule has 0 aliphatic heterocycles. The van der Waals surface area contributed by atoms with Crippen molar-refractivity contribution in [3.63, 3.8) is 0 Å². The van der Waals surface area contributed by atoms with Crippen molar-refractivity contribution in [1.82, 2.24) is 5.32 Å². The van der Waals surface area contributed by atoms with Gasteiger partial charge in [0.05, 0.1) is 0 Å². The molecule has 1 aromatic rings. The van der Waals surface area contributed by atoms with Gasteiger partial charge < -0.3 is 5.32 Å². The Morgan fingerprint density at radius 2 is 2.47 bits per heavy atom. The number of carbonyl (C=O) groups excluding carboxylic acids is 1. The van der Waals surface area contributed by atoms with Gasteiger partial charge in [0.2, 0.25) is 5.91 Å². The van der Waals surface area contributed by atoms with Crippen LogP contribution in [0.4, 0.5) is 0 Å². The number of rotatable bonds is 4. The van der Waals surface area contributed by atoms with Crippen molar-refractivity contribution in [2.75, 3.05) is 0 Å². The minimum atomic E-state index is 0.0165. The van der Waals surface area contributed by atoms with Crippen molar-refractivity contribution in [3.05, 3.63) is 28.5 Å². The van der Waals surface area contributed by atoms with E-state index < -0.39 is 0 Å². The molecule has 0 bridgehead atoms. The van der Waals surface area contributed by atoms with Gasteiger partial charge in [0.15, 0.2) is 0 Å². The summed E-state index contributed by atoms with van der Waals surface area (Å²) in [6.07, 6.45) is 6.00. The molecule has 2 rings (SSSR count). The Balaban J connectivity index is 1.81. The van der Waals surface area contributed by atoms with Crippen LogP contribution in [0.2, 0.25) is 0 Å². The number of carbonyl (C=O) groups is 1. The van der Waals surface area contributed by atoms with Gasteiger partial charge >= 0.3 is 0 Å². The van der Waals surface area contributed by atoms with Gasteiger partial charge in [-0.05, 0) is 43.2 Å². The van der Waals surface area contributed by atoms with Crippen LogP contribution in [0.1, 0.15) is 24.6 Å². The molecule has 1 unspecified atom stereocenters. The third kappa shape index (κ3) is 3.20. The van der Waals surface area contributed by atoms with Crippen LogP contribution in [0.15, 0.2) is 23.6 Å². The molecule has 15 heavy (non-hydrogen) atoms. The maximum Gasteiger partial charge on any atom is 0.244 e. The van der Waals surface area contributed by atoms with Gasteiger partial charge in [-0.15, -0.1) is 11.3 Å². The standard InChI is InChI=1S/C12H15NOS/c1-9(10-4-5-10)13-12(14)7-6-11-3-2-8-15-11/h2-3,6-10H,4-5H2,1H3,(H,13,14)/b7-6+. The van der Waals surface area contributed by atoms with Crippen molar-refractivity contribution in [2.24, 2.45) is 5.92 Å². The average Bonchev–Trinajstić information content (AvgIpc) is 2.93. The monoisotopic (exact) mass is 221 g/mol. The number of hydrogen-bond acceptors (Lipinski definition) is 2. The predicted molar refractivity (Wildman–Crippen MR) is 63.7 cm³/mol. The summed E-state index contributed by atoms with van der Waals surface area (Å²) in [6.45, 7) is 2.08. The Hall–Kier alpha value is -1.09. The molecular weight excluding hydrogens is 206 g/mol. The number of thiophene rings is 1. The van der Waals surface area contributed by atoms with Gasteiger partial charge in [-0.25, -0.2) is 0 Å². The largest absolute Gasteiger partial charge is 0.350 e. The van der Waals surface area contributed by atoms with E-state index >= 15 is 0 Å². The lowest BCUT2D eigenvalue weighted by atomic mass is 10.2. The van der Waals surface area contributed by atoms with Crippen LogP contribution in [0.5, 0.6) is 0 Å². The van der Waals surface area contributed by atoms with Gasteiger partial charge in [-0.2, -0.15) is 0 Å². The third-order valence-electron chi connectivity index (χ3n) is 2.64. The summed E-state index contributed by atoms with van der Waals surface area (Å²) in [5.74, 6) is 0.729. The van der Waals surface area contributed by atoms with Crippen molar-refractivity contribution >= 4 is 23.3 Å². The molecule has 1 fully saturated rings. The van der Waals surface area contributed by atoms with Crippen molar-refractivity contribution in [3.8, 4) is 0 Å². The second kappa shape index (κ2) is 4.62. The summed E-state index contributed by atoms with van der Waals surface area (Å²) in [4.78, 5) is 12.6. The molecule has 2 nitrogen and oxygen atoms in total. The van der Waals surface area contributed by atoms with Crippen LogP contribution in [0.3, 0.4) is 0 Å². The van der Waals surface area contributed by atoms with E-state index in [1.165, 1.54) is 12.8 Å². The highest BCUT2D eigenvalue weighted by molar-refractivity contribution is 7.10. The molecule has 0 spiro atoms. The van der Waals surface area contributed by atoms with Crippen LogP contribution in [-0.4, -0.2) is 11.9 Å². The van der Waals surface area contributed by atoms with Crippen LogP contribution in [0.25, 0.3) is 6.08 Å². The topological polar surface area (TPSA) is 29.1 Å². The van der Waals surface area contributed by atoms with Crippen LogP contribution >= 0.6 is 11.3 Å². The first-order valence-corrected chi connectivity index (χ1v) is 6.16. The van der Waals surface area contributed by atoms with E-state index in [4.69, 9.17) is 0 Å². The highest BCUT2D eigenvalue weighted by Gasteiger charge is 2.28. The lowest BCUT2D eigenvalue weighted by Crippen LogP contribution is -2.32. The average molecular weight is 221 g/mol. The van der Waals surface area contributed by atoms with Crippen LogP contribution < -0.4 is 5.32 Å². The van der Waals surface area contributed by atoms with Crippen LogP contribution in [-0.2, 0) is 4.79 Å². The van der Waals surface area contributed by atoms with Crippen molar-refractivity contribution in [1.29, 1.82) is 0 Å². The fourth-order valence-electron chi connectivity index (χ4n) is 1.53. The Morgan fingerprint density at radius 1 is 1.67 bits per heavy atom. The van der Waals surface area contributed by atoms with E-state index in [2.05, 4.69) is 12.2 Å².